The maximum Gasteiger partial charge on any atom is 0.169 e. The zero-order valence-corrected chi connectivity index (χ0v) is 15.4. The van der Waals surface area contributed by atoms with Crippen LogP contribution in [0.1, 0.15) is 21.2 Å². The number of hydrogen-bond donors (Lipinski definition) is 0. The second-order valence-electron chi connectivity index (χ2n) is 7.02. The van der Waals surface area contributed by atoms with Crippen molar-refractivity contribution >= 4 is 17.5 Å². The van der Waals surface area contributed by atoms with Crippen LogP contribution >= 0.6 is 11.8 Å². The normalized spacial score (nSPS) is 24.9. The quantitative estimate of drug-likeness (QED) is 0.842. The van der Waals surface area contributed by atoms with Crippen molar-refractivity contribution in [1.82, 2.24) is 9.80 Å². The van der Waals surface area contributed by atoms with E-state index in [1.165, 1.54) is 5.56 Å². The molecule has 25 heavy (non-hydrogen) atoms. The molecule has 0 radical (unpaired) electrons. The number of carbonyl (C=O) groups excluding carboxylic acids is 1. The molecule has 3 nitrogen and oxygen atoms in total. The molecule has 2 aromatic carbocycles. The van der Waals surface area contributed by atoms with Crippen molar-refractivity contribution in [2.75, 3.05) is 39.8 Å². The molecule has 4 heteroatoms. The molecule has 1 fully saturated rings. The highest BCUT2D eigenvalue weighted by Crippen LogP contribution is 2.48. The molecule has 0 aliphatic carbocycles. The lowest BCUT2D eigenvalue weighted by Crippen LogP contribution is -2.48. The smallest absolute Gasteiger partial charge is 0.169 e. The van der Waals surface area contributed by atoms with Crippen LogP contribution in [0.2, 0.25) is 0 Å². The van der Waals surface area contributed by atoms with Gasteiger partial charge in [-0.25, -0.2) is 0 Å². The number of benzene rings is 2. The van der Waals surface area contributed by atoms with Crippen molar-refractivity contribution in [2.45, 2.75) is 10.1 Å². The van der Waals surface area contributed by atoms with Gasteiger partial charge in [0, 0.05) is 48.4 Å². The molecule has 2 atom stereocenters. The Hall–Kier alpha value is -1.62. The highest BCUT2D eigenvalue weighted by molar-refractivity contribution is 7.99. The molecule has 130 valence electrons. The number of ketones is 1. The first-order valence-electron chi connectivity index (χ1n) is 8.98. The molecule has 2 aliphatic rings. The van der Waals surface area contributed by atoms with Crippen molar-refractivity contribution < 1.29 is 4.79 Å². The van der Waals surface area contributed by atoms with Crippen LogP contribution in [0.3, 0.4) is 0 Å². The third-order valence-electron chi connectivity index (χ3n) is 5.29. The van der Waals surface area contributed by atoms with E-state index in [1.54, 1.807) is 0 Å². The predicted molar refractivity (Wildman–Crippen MR) is 103 cm³/mol. The Labute approximate surface area is 154 Å². The summed E-state index contributed by atoms with van der Waals surface area (Å²) in [6.45, 7) is 5.12. The Balaban J connectivity index is 1.64. The summed E-state index contributed by atoms with van der Waals surface area (Å²) in [5, 5.41) is 0.197. The third-order valence-corrected chi connectivity index (χ3v) is 6.75. The van der Waals surface area contributed by atoms with Crippen LogP contribution in [0.15, 0.2) is 59.5 Å². The number of fused-ring (bicyclic) bond motifs is 1. The first-order valence-corrected chi connectivity index (χ1v) is 9.86. The second kappa shape index (κ2) is 7.32. The number of rotatable bonds is 3. The summed E-state index contributed by atoms with van der Waals surface area (Å²) in [5.41, 5.74) is 2.16. The van der Waals surface area contributed by atoms with Crippen LogP contribution in [0, 0.1) is 5.92 Å². The Morgan fingerprint density at radius 3 is 2.40 bits per heavy atom. The van der Waals surface area contributed by atoms with E-state index in [9.17, 15) is 4.79 Å². The highest BCUT2D eigenvalue weighted by atomic mass is 32.2. The fourth-order valence-electron chi connectivity index (χ4n) is 3.76. The van der Waals surface area contributed by atoms with E-state index in [-0.39, 0.29) is 11.2 Å². The van der Waals surface area contributed by atoms with E-state index in [4.69, 9.17) is 0 Å². The highest BCUT2D eigenvalue weighted by Gasteiger charge is 2.38. The van der Waals surface area contributed by atoms with Crippen molar-refractivity contribution in [3.8, 4) is 0 Å². The summed E-state index contributed by atoms with van der Waals surface area (Å²) in [5.74, 6) is 0.327. The standard InChI is InChI=1S/C21H24N2OS/c1-22-11-13-23(14-12-22)15-18-20(24)17-9-5-6-10-19(17)25-21(18)16-7-3-2-4-8-16/h2-10,18,21H,11-15H2,1H3/t18-,21+/m1/s1. The minimum atomic E-state index is 0.0192. The topological polar surface area (TPSA) is 23.6 Å². The average molecular weight is 353 g/mol. The van der Waals surface area contributed by atoms with Gasteiger partial charge in [-0.2, -0.15) is 0 Å². The first kappa shape index (κ1) is 16.8. The molecule has 0 amide bonds. The molecule has 0 aromatic heterocycles. The van der Waals surface area contributed by atoms with Crippen LogP contribution in [0.5, 0.6) is 0 Å². The lowest BCUT2D eigenvalue weighted by atomic mass is 9.89. The van der Waals surface area contributed by atoms with E-state index in [2.05, 4.69) is 47.2 Å². The molecular weight excluding hydrogens is 328 g/mol. The van der Waals surface area contributed by atoms with Crippen LogP contribution in [-0.2, 0) is 0 Å². The number of piperazine rings is 1. The lowest BCUT2D eigenvalue weighted by Gasteiger charge is -2.38. The average Bonchev–Trinajstić information content (AvgIpc) is 2.66. The van der Waals surface area contributed by atoms with E-state index in [0.717, 1.165) is 43.2 Å². The SMILES string of the molecule is CN1CCN(C[C@@H]2C(=O)c3ccccc3S[C@H]2c2ccccc2)CC1. The number of carbonyl (C=O) groups is 1. The fourth-order valence-corrected chi connectivity index (χ4v) is 5.15. The molecule has 4 rings (SSSR count). The molecule has 0 saturated carbocycles. The monoisotopic (exact) mass is 352 g/mol. The van der Waals surface area contributed by atoms with Crippen LogP contribution in [0.4, 0.5) is 0 Å². The van der Waals surface area contributed by atoms with Gasteiger partial charge in [-0.05, 0) is 18.7 Å². The molecule has 2 aromatic rings. The lowest BCUT2D eigenvalue weighted by molar-refractivity contribution is 0.0824. The van der Waals surface area contributed by atoms with Crippen LogP contribution in [0.25, 0.3) is 0 Å². The largest absolute Gasteiger partial charge is 0.304 e. The van der Waals surface area contributed by atoms with Gasteiger partial charge in [0.2, 0.25) is 0 Å². The number of likely N-dealkylation sites (N-methyl/N-ethyl adjacent to an activating group) is 1. The maximum atomic E-state index is 13.3. The Kier molecular flexibility index (Phi) is 4.93. The van der Waals surface area contributed by atoms with Gasteiger partial charge in [0.15, 0.2) is 5.78 Å². The van der Waals surface area contributed by atoms with Gasteiger partial charge in [-0.1, -0.05) is 48.5 Å². The van der Waals surface area contributed by atoms with Crippen molar-refractivity contribution in [3.63, 3.8) is 0 Å². The Bertz CT molecular complexity index is 741. The molecule has 0 spiro atoms. The molecule has 2 aliphatic heterocycles. The van der Waals surface area contributed by atoms with Crippen LogP contribution < -0.4 is 0 Å². The first-order chi connectivity index (χ1) is 12.2. The fraction of sp³-hybridized carbons (Fsp3) is 0.381. The van der Waals surface area contributed by atoms with Crippen molar-refractivity contribution in [3.05, 3.63) is 65.7 Å². The Morgan fingerprint density at radius 1 is 0.960 bits per heavy atom. The zero-order chi connectivity index (χ0) is 17.2. The third kappa shape index (κ3) is 3.52. The second-order valence-corrected chi connectivity index (χ2v) is 8.20. The number of Topliss-reactive ketones (excluding diaryl/α,β-unsaturated/α-hetero) is 1. The maximum absolute atomic E-state index is 13.3. The van der Waals surface area contributed by atoms with Gasteiger partial charge in [0.25, 0.3) is 0 Å². The van der Waals surface area contributed by atoms with Gasteiger partial charge in [-0.3, -0.25) is 4.79 Å². The molecular formula is C21H24N2OS. The van der Waals surface area contributed by atoms with Gasteiger partial charge >= 0.3 is 0 Å². The number of thioether (sulfide) groups is 1. The van der Waals surface area contributed by atoms with E-state index >= 15 is 0 Å². The summed E-state index contributed by atoms with van der Waals surface area (Å²) in [4.78, 5) is 19.2. The summed E-state index contributed by atoms with van der Waals surface area (Å²) < 4.78 is 0. The van der Waals surface area contributed by atoms with Gasteiger partial charge in [0.05, 0.1) is 5.92 Å². The molecule has 0 unspecified atom stereocenters. The summed E-state index contributed by atoms with van der Waals surface area (Å²) in [6, 6.07) is 18.6. The Morgan fingerprint density at radius 2 is 1.64 bits per heavy atom. The zero-order valence-electron chi connectivity index (χ0n) is 14.6. The summed E-state index contributed by atoms with van der Waals surface area (Å²) in [7, 11) is 2.17. The van der Waals surface area contributed by atoms with Gasteiger partial charge in [-0.15, -0.1) is 11.8 Å². The van der Waals surface area contributed by atoms with E-state index < -0.39 is 0 Å². The molecule has 2 heterocycles. The molecule has 1 saturated heterocycles. The summed E-state index contributed by atoms with van der Waals surface area (Å²) in [6.07, 6.45) is 0. The minimum absolute atomic E-state index is 0.0192. The van der Waals surface area contributed by atoms with Gasteiger partial charge < -0.3 is 9.80 Å². The number of hydrogen-bond acceptors (Lipinski definition) is 4. The summed E-state index contributed by atoms with van der Waals surface area (Å²) >= 11 is 1.85. The van der Waals surface area contributed by atoms with Crippen LogP contribution in [-0.4, -0.2) is 55.4 Å². The molecule has 0 N–H and O–H groups in total. The van der Waals surface area contributed by atoms with Crippen molar-refractivity contribution in [1.29, 1.82) is 0 Å². The predicted octanol–water partition coefficient (Wildman–Crippen LogP) is 3.58. The minimum Gasteiger partial charge on any atom is -0.304 e. The van der Waals surface area contributed by atoms with Gasteiger partial charge in [0.1, 0.15) is 0 Å². The molecule has 0 bridgehead atoms. The van der Waals surface area contributed by atoms with E-state index in [0.29, 0.717) is 5.78 Å². The van der Waals surface area contributed by atoms with Crippen molar-refractivity contribution in [2.24, 2.45) is 5.92 Å². The van der Waals surface area contributed by atoms with E-state index in [1.807, 2.05) is 36.0 Å². The number of nitrogens with zero attached hydrogens (tertiary/aromatic N) is 2.